The van der Waals surface area contributed by atoms with Crippen LogP contribution in [0.25, 0.3) is 10.9 Å². The summed E-state index contributed by atoms with van der Waals surface area (Å²) in [5.74, 6) is 0.212. The van der Waals surface area contributed by atoms with Gasteiger partial charge in [-0.25, -0.2) is 0 Å². The maximum Gasteiger partial charge on any atom is 0.242 e. The fourth-order valence-corrected chi connectivity index (χ4v) is 5.19. The number of piperidine rings is 1. The molecular formula is C28H46N4O. The van der Waals surface area contributed by atoms with Gasteiger partial charge in [-0.2, -0.15) is 0 Å². The Hall–Kier alpha value is -1.85. The Balaban J connectivity index is 1.56. The van der Waals surface area contributed by atoms with E-state index in [0.717, 1.165) is 55.5 Å². The number of nitrogens with zero attached hydrogens (tertiary/aromatic N) is 1. The van der Waals surface area contributed by atoms with Gasteiger partial charge in [0.05, 0.1) is 11.6 Å². The molecule has 33 heavy (non-hydrogen) atoms. The second-order valence-electron chi connectivity index (χ2n) is 10.3. The van der Waals surface area contributed by atoms with Crippen LogP contribution in [0.4, 0.5) is 0 Å². The number of benzene rings is 1. The molecule has 5 heteroatoms. The van der Waals surface area contributed by atoms with Gasteiger partial charge in [-0.05, 0) is 63.8 Å². The minimum absolute atomic E-state index is 0.105. The first-order valence-corrected chi connectivity index (χ1v) is 13.3. The zero-order valence-electron chi connectivity index (χ0n) is 21.2. The predicted octanol–water partition coefficient (Wildman–Crippen LogP) is 6.19. The van der Waals surface area contributed by atoms with Crippen molar-refractivity contribution in [1.29, 1.82) is 0 Å². The number of carbonyl (C=O) groups excluding carboxylic acids is 1. The van der Waals surface area contributed by atoms with Crippen molar-refractivity contribution in [2.24, 2.45) is 5.73 Å². The van der Waals surface area contributed by atoms with E-state index in [9.17, 15) is 4.79 Å². The third kappa shape index (κ3) is 6.83. The summed E-state index contributed by atoms with van der Waals surface area (Å²) in [6.07, 6.45) is 13.7. The van der Waals surface area contributed by atoms with E-state index >= 15 is 0 Å². The highest BCUT2D eigenvalue weighted by atomic mass is 16.2. The molecule has 1 aromatic heterocycles. The quantitative estimate of drug-likeness (QED) is 0.316. The predicted molar refractivity (Wildman–Crippen MR) is 139 cm³/mol. The van der Waals surface area contributed by atoms with Crippen LogP contribution < -0.4 is 11.1 Å². The number of carbonyl (C=O) groups is 1. The highest BCUT2D eigenvalue weighted by Crippen LogP contribution is 2.34. The molecule has 1 atom stereocenters. The second-order valence-corrected chi connectivity index (χ2v) is 10.3. The van der Waals surface area contributed by atoms with E-state index in [2.05, 4.69) is 40.3 Å². The average molecular weight is 455 g/mol. The third-order valence-electron chi connectivity index (χ3n) is 7.25. The largest absolute Gasteiger partial charge is 0.357 e. The number of rotatable bonds is 13. The zero-order valence-corrected chi connectivity index (χ0v) is 21.2. The maximum absolute atomic E-state index is 13.6. The van der Waals surface area contributed by atoms with Gasteiger partial charge in [0, 0.05) is 29.7 Å². The van der Waals surface area contributed by atoms with Crippen LogP contribution in [0.5, 0.6) is 0 Å². The summed E-state index contributed by atoms with van der Waals surface area (Å²) in [4.78, 5) is 19.3. The third-order valence-corrected chi connectivity index (χ3v) is 7.25. The van der Waals surface area contributed by atoms with Crippen molar-refractivity contribution in [1.82, 2.24) is 15.2 Å². The Morgan fingerprint density at radius 3 is 2.58 bits per heavy atom. The van der Waals surface area contributed by atoms with Crippen LogP contribution in [-0.2, 0) is 11.3 Å². The minimum atomic E-state index is -0.550. The summed E-state index contributed by atoms with van der Waals surface area (Å²) in [6.45, 7) is 8.60. The number of amides is 1. The van der Waals surface area contributed by atoms with Crippen LogP contribution in [0.3, 0.4) is 0 Å². The van der Waals surface area contributed by atoms with Crippen molar-refractivity contribution in [2.45, 2.75) is 110 Å². The first-order chi connectivity index (χ1) is 16.0. The van der Waals surface area contributed by atoms with Gasteiger partial charge in [0.15, 0.2) is 0 Å². The summed E-state index contributed by atoms with van der Waals surface area (Å²) in [6, 6.07) is 8.56. The van der Waals surface area contributed by atoms with Crippen LogP contribution in [0.1, 0.15) is 109 Å². The number of unbranched alkanes of at least 4 members (excludes halogenated alkanes) is 7. The van der Waals surface area contributed by atoms with Gasteiger partial charge in [-0.15, -0.1) is 0 Å². The molecule has 0 bridgehead atoms. The molecule has 0 aliphatic carbocycles. The Morgan fingerprint density at radius 2 is 1.85 bits per heavy atom. The van der Waals surface area contributed by atoms with E-state index in [4.69, 9.17) is 5.73 Å². The van der Waals surface area contributed by atoms with Gasteiger partial charge in [0.25, 0.3) is 0 Å². The molecule has 2 aromatic rings. The summed E-state index contributed by atoms with van der Waals surface area (Å²) >= 11 is 0. The van der Waals surface area contributed by atoms with E-state index < -0.39 is 5.54 Å². The zero-order chi connectivity index (χ0) is 23.7. The lowest BCUT2D eigenvalue weighted by Crippen LogP contribution is -2.56. The molecule has 1 aliphatic rings. The summed E-state index contributed by atoms with van der Waals surface area (Å²) in [7, 11) is 0. The molecule has 2 heterocycles. The van der Waals surface area contributed by atoms with E-state index in [-0.39, 0.29) is 11.9 Å². The van der Waals surface area contributed by atoms with Crippen molar-refractivity contribution in [3.63, 3.8) is 0 Å². The van der Waals surface area contributed by atoms with Crippen molar-refractivity contribution >= 4 is 16.8 Å². The smallest absolute Gasteiger partial charge is 0.242 e. The van der Waals surface area contributed by atoms with Gasteiger partial charge in [0.1, 0.15) is 0 Å². The molecule has 1 aliphatic heterocycles. The number of hydrogen-bond acceptors (Lipinski definition) is 3. The standard InChI is InChI=1S/C28H46N4O/c1-4-5-6-7-8-9-10-12-18-30-28(2,3)27(33)32-19-13-11-17-26(32)25-20-23-22(21-29)15-14-16-24(23)31-25/h14-16,20,26,30-31H,4-13,17-19,21,29H2,1-3H3. The topological polar surface area (TPSA) is 74.2 Å². The van der Waals surface area contributed by atoms with Crippen LogP contribution in [0, 0.1) is 0 Å². The van der Waals surface area contributed by atoms with Crippen LogP contribution >= 0.6 is 0 Å². The molecule has 1 fully saturated rings. The number of H-pyrrole nitrogens is 1. The number of nitrogens with two attached hydrogens (primary N) is 1. The van der Waals surface area contributed by atoms with E-state index in [0.29, 0.717) is 6.54 Å². The molecule has 1 aromatic carbocycles. The van der Waals surface area contributed by atoms with Crippen molar-refractivity contribution in [3.05, 3.63) is 35.5 Å². The van der Waals surface area contributed by atoms with Crippen molar-refractivity contribution in [3.8, 4) is 0 Å². The Bertz CT molecular complexity index is 872. The van der Waals surface area contributed by atoms with Gasteiger partial charge in [-0.3, -0.25) is 4.79 Å². The highest BCUT2D eigenvalue weighted by molar-refractivity contribution is 5.87. The number of aromatic nitrogens is 1. The Kier molecular flexibility index (Phi) is 9.81. The number of hydrogen-bond donors (Lipinski definition) is 3. The van der Waals surface area contributed by atoms with Crippen molar-refractivity contribution in [2.75, 3.05) is 13.1 Å². The molecule has 1 saturated heterocycles. The molecule has 0 saturated carbocycles. The van der Waals surface area contributed by atoms with Gasteiger partial charge >= 0.3 is 0 Å². The molecule has 4 N–H and O–H groups in total. The van der Waals surface area contributed by atoms with E-state index in [1.54, 1.807) is 0 Å². The second kappa shape index (κ2) is 12.6. The van der Waals surface area contributed by atoms with E-state index in [1.807, 2.05) is 19.9 Å². The van der Waals surface area contributed by atoms with Crippen LogP contribution in [0.15, 0.2) is 24.3 Å². The molecule has 3 rings (SSSR count). The summed E-state index contributed by atoms with van der Waals surface area (Å²) < 4.78 is 0. The Labute approximate surface area is 200 Å². The van der Waals surface area contributed by atoms with E-state index in [1.165, 1.54) is 50.3 Å². The van der Waals surface area contributed by atoms with Gasteiger partial charge in [-0.1, -0.05) is 64.0 Å². The van der Waals surface area contributed by atoms with Crippen LogP contribution in [-0.4, -0.2) is 34.4 Å². The monoisotopic (exact) mass is 454 g/mol. The lowest BCUT2D eigenvalue weighted by molar-refractivity contribution is -0.141. The molecule has 0 radical (unpaired) electrons. The van der Waals surface area contributed by atoms with Gasteiger partial charge < -0.3 is 20.9 Å². The molecule has 1 amide bonds. The summed E-state index contributed by atoms with van der Waals surface area (Å²) in [5, 5.41) is 4.75. The summed E-state index contributed by atoms with van der Waals surface area (Å²) in [5.41, 5.74) is 8.80. The van der Waals surface area contributed by atoms with Crippen LogP contribution in [0.2, 0.25) is 0 Å². The number of likely N-dealkylation sites (tertiary alicyclic amines) is 1. The normalized spacial score (nSPS) is 17.1. The minimum Gasteiger partial charge on any atom is -0.357 e. The number of aromatic amines is 1. The van der Waals surface area contributed by atoms with Gasteiger partial charge in [0.2, 0.25) is 5.91 Å². The average Bonchev–Trinajstić information content (AvgIpc) is 3.27. The fraction of sp³-hybridized carbons (Fsp3) is 0.679. The lowest BCUT2D eigenvalue weighted by Gasteiger charge is -2.40. The number of nitrogens with one attached hydrogen (secondary N) is 2. The molecule has 0 spiro atoms. The molecule has 184 valence electrons. The Morgan fingerprint density at radius 1 is 1.12 bits per heavy atom. The highest BCUT2D eigenvalue weighted by Gasteiger charge is 2.37. The van der Waals surface area contributed by atoms with Crippen molar-refractivity contribution < 1.29 is 4.79 Å². The molecule has 5 nitrogen and oxygen atoms in total. The molecule has 1 unspecified atom stereocenters. The first kappa shape index (κ1) is 25.8. The lowest BCUT2D eigenvalue weighted by atomic mass is 9.94. The number of fused-ring (bicyclic) bond motifs is 1. The first-order valence-electron chi connectivity index (χ1n) is 13.3. The molecular weight excluding hydrogens is 408 g/mol. The fourth-order valence-electron chi connectivity index (χ4n) is 5.19. The maximum atomic E-state index is 13.6. The SMILES string of the molecule is CCCCCCCCCCNC(C)(C)C(=O)N1CCCCC1c1cc2c(CN)cccc2[nH]1.